The number of para-hydroxylation sites is 1. The van der Waals surface area contributed by atoms with E-state index in [1.54, 1.807) is 16.2 Å². The van der Waals surface area contributed by atoms with Crippen LogP contribution in [0.15, 0.2) is 72.2 Å². The zero-order valence-corrected chi connectivity index (χ0v) is 45.4. The van der Waals surface area contributed by atoms with Gasteiger partial charge in [-0.1, -0.05) is 75.4 Å². The molecule has 1 aromatic heterocycles. The summed E-state index contributed by atoms with van der Waals surface area (Å²) in [6.45, 7) is 11.7. The first-order valence-corrected chi connectivity index (χ1v) is 27.0. The number of thiazole rings is 1. The third-order valence-electron chi connectivity index (χ3n) is 15.3. The Kier molecular flexibility index (Phi) is 18.8. The van der Waals surface area contributed by atoms with Gasteiger partial charge < -0.3 is 47.1 Å². The molecule has 0 saturated carbocycles. The molecule has 0 aliphatic carbocycles. The minimum atomic E-state index is -0.891. The third kappa shape index (κ3) is 13.7. The number of rotatable bonds is 19. The quantitative estimate of drug-likeness (QED) is 0.0710. The Bertz CT molecular complexity index is 2670. The second kappa shape index (κ2) is 24.8. The minimum Gasteiger partial charge on any atom is -0.391 e. The molecule has 0 spiro atoms. The molecule has 0 unspecified atom stereocenters. The highest BCUT2D eigenvalue weighted by Crippen LogP contribution is 2.39. The number of hydrogen-bond donors (Lipinski definition) is 6. The number of likely N-dealkylation sites (tertiary alicyclic amines) is 1. The van der Waals surface area contributed by atoms with E-state index < -0.39 is 53.7 Å². The van der Waals surface area contributed by atoms with Crippen molar-refractivity contribution < 1.29 is 38.6 Å². The van der Waals surface area contributed by atoms with Crippen molar-refractivity contribution in [3.8, 4) is 10.4 Å². The number of primary amides is 1. The molecule has 6 amide bonds. The van der Waals surface area contributed by atoms with E-state index in [1.807, 2.05) is 94.7 Å². The molecule has 8 N–H and O–H groups in total. The summed E-state index contributed by atoms with van der Waals surface area (Å²) >= 11 is 1.58. The van der Waals surface area contributed by atoms with E-state index in [1.165, 1.54) is 4.90 Å². The van der Waals surface area contributed by atoms with E-state index in [0.29, 0.717) is 31.6 Å². The molecular weight excluding hydrogens is 994 g/mol. The van der Waals surface area contributed by atoms with Crippen LogP contribution in [0.25, 0.3) is 10.4 Å². The maximum Gasteiger partial charge on any atom is 0.246 e. The Balaban J connectivity index is 0.00000820. The van der Waals surface area contributed by atoms with E-state index in [4.69, 9.17) is 16.2 Å². The number of hydrogen-bond acceptors (Lipinski definition) is 12. The fourth-order valence-corrected chi connectivity index (χ4v) is 11.7. The van der Waals surface area contributed by atoms with Crippen molar-refractivity contribution in [2.45, 2.75) is 154 Å². The normalized spacial score (nSPS) is 20.8. The van der Waals surface area contributed by atoms with E-state index in [2.05, 4.69) is 38.0 Å². The molecule has 4 aromatic rings. The fourth-order valence-electron chi connectivity index (χ4n) is 10.8. The summed E-state index contributed by atoms with van der Waals surface area (Å²) in [6.07, 6.45) is 3.40. The second-order valence-electron chi connectivity index (χ2n) is 21.7. The first-order chi connectivity index (χ1) is 35.3. The van der Waals surface area contributed by atoms with Crippen molar-refractivity contribution >= 4 is 70.6 Å². The fraction of sp³-hybridized carbons (Fsp3) is 0.518. The van der Waals surface area contributed by atoms with E-state index in [0.717, 1.165) is 75.7 Å². The van der Waals surface area contributed by atoms with E-state index in [9.17, 15) is 33.9 Å². The van der Waals surface area contributed by atoms with Crippen LogP contribution < -0.4 is 37.2 Å². The summed E-state index contributed by atoms with van der Waals surface area (Å²) in [7, 11) is 0. The van der Waals surface area contributed by atoms with E-state index >= 15 is 0 Å². The molecule has 0 radical (unpaired) electrons. The number of aryl methyl sites for hydroxylation is 2. The highest BCUT2D eigenvalue weighted by molar-refractivity contribution is 7.13. The van der Waals surface area contributed by atoms with Gasteiger partial charge in [0.15, 0.2) is 0 Å². The number of benzene rings is 3. The summed E-state index contributed by atoms with van der Waals surface area (Å²) in [5.74, 6) is -1.69. The average molecular weight is 1070 g/mol. The van der Waals surface area contributed by atoms with Gasteiger partial charge in [0, 0.05) is 57.5 Å². The lowest BCUT2D eigenvalue weighted by molar-refractivity contribution is -0.144. The van der Waals surface area contributed by atoms with E-state index in [-0.39, 0.29) is 87.3 Å². The number of β-amino-alcohol motifs (C(OH)–C–C–N with tert-alkyl or cyclic N) is 1. The number of nitrogens with one attached hydrogen (secondary N) is 3. The van der Waals surface area contributed by atoms with Crippen LogP contribution in [0.3, 0.4) is 0 Å². The number of aliphatic hydroxyl groups is 1. The number of amides is 6. The molecule has 17 nitrogen and oxygen atoms in total. The molecule has 5 heterocycles. The standard InChI is InChI=1S/C56H73N9O8S.ClH/c1-33-50(74-32-60-33)39-14-9-36(10-15-39)29-59-52(69)45-28-42(66)30-64(45)55(72)51(56(3,4)5)62-48(68)22-13-35-23-25-63(26-24-35)41-17-11-37(12-18-41)31-73-34(2)44(20-21-47(58)67)61-53(70)46-27-40-8-6-7-38-16-19-43(57)54(71)65(46)49(38)40;/h6-12,14-15,17-18,32,34-35,42-46,51,66H,13,16,19-31,57H2,1-5H3,(H2,58,67)(H,59,69)(H,61,70)(H,62,68);1H/t34-,42-,43+,44+,45+,46+,51-;/m1./s1. The molecule has 404 valence electrons. The number of aliphatic hydroxyl groups excluding tert-OH is 1. The number of anilines is 2. The maximum atomic E-state index is 14.2. The van der Waals surface area contributed by atoms with Crippen molar-refractivity contribution in [3.05, 3.63) is 100 Å². The van der Waals surface area contributed by atoms with Crippen LogP contribution in [0.1, 0.15) is 107 Å². The molecule has 19 heteroatoms. The summed E-state index contributed by atoms with van der Waals surface area (Å²) in [6, 6.07) is 18.2. The van der Waals surface area contributed by atoms with Crippen LogP contribution in [-0.2, 0) is 59.5 Å². The molecule has 3 aromatic carbocycles. The van der Waals surface area contributed by atoms with Gasteiger partial charge in [-0.15, -0.1) is 23.7 Å². The molecule has 0 bridgehead atoms. The van der Waals surface area contributed by atoms with Gasteiger partial charge in [0.2, 0.25) is 35.4 Å². The van der Waals surface area contributed by atoms with Crippen molar-refractivity contribution in [2.75, 3.05) is 29.4 Å². The van der Waals surface area contributed by atoms with Gasteiger partial charge in [-0.25, -0.2) is 4.98 Å². The number of halogens is 1. The molecule has 8 rings (SSSR count). The number of nitrogens with two attached hydrogens (primary N) is 2. The Labute approximate surface area is 450 Å². The Hall–Kier alpha value is -5.92. The summed E-state index contributed by atoms with van der Waals surface area (Å²) < 4.78 is 6.31. The largest absolute Gasteiger partial charge is 0.391 e. The van der Waals surface area contributed by atoms with Crippen LogP contribution in [0.5, 0.6) is 0 Å². The number of ether oxygens (including phenoxy) is 1. The lowest BCUT2D eigenvalue weighted by Gasteiger charge is -2.36. The van der Waals surface area contributed by atoms with Crippen LogP contribution in [0.4, 0.5) is 11.4 Å². The Morgan fingerprint density at radius 1 is 0.907 bits per heavy atom. The number of aromatic nitrogens is 1. The molecular formula is C56H74ClN9O8S. The van der Waals surface area contributed by atoms with Gasteiger partial charge in [-0.3, -0.25) is 33.7 Å². The van der Waals surface area contributed by atoms with Crippen LogP contribution in [-0.4, -0.2) is 112 Å². The number of nitrogens with zero attached hydrogens (tertiary/aromatic N) is 4. The lowest BCUT2D eigenvalue weighted by atomic mass is 9.85. The zero-order chi connectivity index (χ0) is 52.8. The smallest absolute Gasteiger partial charge is 0.246 e. The number of carbonyl (C=O) groups is 6. The Morgan fingerprint density at radius 3 is 2.27 bits per heavy atom. The van der Waals surface area contributed by atoms with Crippen LogP contribution >= 0.6 is 23.7 Å². The lowest BCUT2D eigenvalue weighted by Crippen LogP contribution is -2.57. The SMILES string of the molecule is Cc1ncsc1-c1ccc(CNC(=O)[C@@H]2C[C@@H](O)CN2C(=O)[C@@H](NC(=O)CCC2CCN(c3ccc(CO[C@H](C)[C@H](CCC(N)=O)NC(=O)[C@@H]4Cc5cccc6c5N4C(=O)[C@@H](N)CC6)cc3)CC2)C(C)(C)C)cc1.Cl. The summed E-state index contributed by atoms with van der Waals surface area (Å²) in [5.41, 5.74) is 20.6. The highest BCUT2D eigenvalue weighted by Gasteiger charge is 2.46. The first-order valence-electron chi connectivity index (χ1n) is 26.1. The Morgan fingerprint density at radius 2 is 1.60 bits per heavy atom. The number of carbonyl (C=O) groups excluding carboxylic acids is 6. The van der Waals surface area contributed by atoms with Crippen LogP contribution in [0.2, 0.25) is 0 Å². The van der Waals surface area contributed by atoms with Gasteiger partial charge in [0.1, 0.15) is 18.1 Å². The predicted molar refractivity (Wildman–Crippen MR) is 292 cm³/mol. The molecule has 2 saturated heterocycles. The van der Waals surface area contributed by atoms with Gasteiger partial charge >= 0.3 is 0 Å². The minimum absolute atomic E-state index is 0. The number of piperidine rings is 1. The molecule has 7 atom stereocenters. The molecule has 75 heavy (non-hydrogen) atoms. The maximum absolute atomic E-state index is 14.2. The zero-order valence-electron chi connectivity index (χ0n) is 43.7. The van der Waals surface area contributed by atoms with Crippen molar-refractivity contribution in [1.82, 2.24) is 25.8 Å². The molecule has 4 aliphatic heterocycles. The van der Waals surface area contributed by atoms with Gasteiger partial charge in [-0.2, -0.15) is 0 Å². The van der Waals surface area contributed by atoms with Gasteiger partial charge in [0.05, 0.1) is 52.7 Å². The van der Waals surface area contributed by atoms with Crippen LogP contribution in [0, 0.1) is 18.3 Å². The molecule has 4 aliphatic rings. The topological polar surface area (TPSA) is 243 Å². The third-order valence-corrected chi connectivity index (χ3v) is 16.2. The predicted octanol–water partition coefficient (Wildman–Crippen LogP) is 5.23. The van der Waals surface area contributed by atoms with Crippen molar-refractivity contribution in [1.29, 1.82) is 0 Å². The van der Waals surface area contributed by atoms with Crippen molar-refractivity contribution in [2.24, 2.45) is 22.8 Å². The van der Waals surface area contributed by atoms with Crippen molar-refractivity contribution in [3.63, 3.8) is 0 Å². The monoisotopic (exact) mass is 1070 g/mol. The summed E-state index contributed by atoms with van der Waals surface area (Å²) in [5, 5.41) is 19.7. The second-order valence-corrected chi connectivity index (χ2v) is 22.6. The average Bonchev–Trinajstić information content (AvgIpc) is 4.10. The molecule has 2 fully saturated rings. The highest BCUT2D eigenvalue weighted by atomic mass is 35.5. The van der Waals surface area contributed by atoms with Gasteiger partial charge in [0.25, 0.3) is 0 Å². The van der Waals surface area contributed by atoms with Gasteiger partial charge in [-0.05, 0) is 104 Å². The first kappa shape index (κ1) is 56.8. The summed E-state index contributed by atoms with van der Waals surface area (Å²) in [4.78, 5) is 91.4.